The minimum Gasteiger partial charge on any atom is -0.462 e. The van der Waals surface area contributed by atoms with E-state index in [9.17, 15) is 10.1 Å². The predicted molar refractivity (Wildman–Crippen MR) is 154 cm³/mol. The molecule has 9 nitrogen and oxygen atoms in total. The Morgan fingerprint density at radius 1 is 1.37 bits per heavy atom. The van der Waals surface area contributed by atoms with Gasteiger partial charge in [0.1, 0.15) is 23.6 Å². The summed E-state index contributed by atoms with van der Waals surface area (Å²) in [4.78, 5) is 27.8. The zero-order valence-electron chi connectivity index (χ0n) is 23.3. The Balaban J connectivity index is 1.38. The fourth-order valence-electron chi connectivity index (χ4n) is 6.33. The Morgan fingerprint density at radius 3 is 2.95 bits per heavy atom. The van der Waals surface area contributed by atoms with E-state index in [4.69, 9.17) is 4.74 Å². The van der Waals surface area contributed by atoms with Crippen LogP contribution in [0.1, 0.15) is 49.7 Å². The quantitative estimate of drug-likeness (QED) is 0.356. The highest BCUT2D eigenvalue weighted by Crippen LogP contribution is 2.59. The van der Waals surface area contributed by atoms with Gasteiger partial charge >= 0.3 is 6.01 Å². The van der Waals surface area contributed by atoms with Gasteiger partial charge in [-0.25, -0.2) is 4.39 Å². The molecule has 1 amide bonds. The number of benzene rings is 1. The smallest absolute Gasteiger partial charge is 0.319 e. The van der Waals surface area contributed by atoms with Crippen molar-refractivity contribution in [3.05, 3.63) is 54.0 Å². The van der Waals surface area contributed by atoms with E-state index in [1.54, 1.807) is 6.20 Å². The number of amides is 1. The molecule has 1 saturated heterocycles. The second-order valence-electron chi connectivity index (χ2n) is 11.4. The number of anilines is 1. The average Bonchev–Trinajstić information content (AvgIpc) is 3.50. The number of nitriles is 1. The maximum absolute atomic E-state index is 16.4. The fourth-order valence-corrected chi connectivity index (χ4v) is 6.33. The van der Waals surface area contributed by atoms with Gasteiger partial charge in [0.15, 0.2) is 5.82 Å². The summed E-state index contributed by atoms with van der Waals surface area (Å²) in [5.74, 6) is -0.568. The molecule has 2 atom stereocenters. The Labute approximate surface area is 238 Å². The zero-order valence-corrected chi connectivity index (χ0v) is 23.3. The molecule has 6 rings (SSSR count). The fraction of sp³-hybridized carbons (Fsp3) is 0.452. The van der Waals surface area contributed by atoms with Gasteiger partial charge in [0.05, 0.1) is 23.9 Å². The number of ether oxygens (including phenoxy) is 1. The second kappa shape index (κ2) is 11.1. The number of carbonyl (C=O) groups excluding carboxylic acids is 1. The molecule has 2 N–H and O–H groups in total. The molecule has 2 aromatic heterocycles. The molecule has 0 bridgehead atoms. The van der Waals surface area contributed by atoms with E-state index in [0.717, 1.165) is 56.7 Å². The summed E-state index contributed by atoms with van der Waals surface area (Å²) in [6.07, 6.45) is 9.30. The number of likely N-dealkylation sites (N-methyl/N-ethyl adjacent to an activating group) is 1. The summed E-state index contributed by atoms with van der Waals surface area (Å²) in [7, 11) is 2.06. The van der Waals surface area contributed by atoms with Crippen molar-refractivity contribution < 1.29 is 13.9 Å². The lowest BCUT2D eigenvalue weighted by molar-refractivity contribution is -0.117. The number of carbonyl (C=O) groups is 1. The van der Waals surface area contributed by atoms with Gasteiger partial charge in [0.2, 0.25) is 5.91 Å². The highest BCUT2D eigenvalue weighted by Gasteiger charge is 2.50. The SMILES string of the molecule is C=CC(=O)N[C@@H](CC#N)CNc1nc(OC[C@@H]2CCCN2C)nc2c(F)c(-c3cccc4c3C3(CC4)CC3)ncc12. The number of fused-ring (bicyclic) bond motifs is 3. The molecule has 0 unspecified atom stereocenters. The first-order valence-corrected chi connectivity index (χ1v) is 14.3. The van der Waals surface area contributed by atoms with Crippen molar-refractivity contribution in [2.24, 2.45) is 0 Å². The number of aromatic nitrogens is 3. The number of nitrogens with zero attached hydrogens (tertiary/aromatic N) is 5. The van der Waals surface area contributed by atoms with Crippen molar-refractivity contribution in [1.29, 1.82) is 5.26 Å². The van der Waals surface area contributed by atoms with Gasteiger partial charge in [-0.15, -0.1) is 0 Å². The standard InChI is InChI=1S/C31H34FN7O2/c1-3-24(40)36-20(10-14-33)16-35-29-23-17-34-27(22-8-4-6-19-9-11-31(12-13-31)25(19)22)26(32)28(23)37-30(38-29)41-18-21-7-5-15-39(21)2/h3-4,6,8,17,20-21H,1,5,7,9-13,15-16,18H2,2H3,(H,36,40)(H,35,37,38)/t20-,21-/m0/s1. The molecule has 1 spiro atoms. The van der Waals surface area contributed by atoms with E-state index in [1.165, 1.54) is 11.1 Å². The van der Waals surface area contributed by atoms with Crippen LogP contribution in [-0.2, 0) is 16.6 Å². The van der Waals surface area contributed by atoms with E-state index in [0.29, 0.717) is 17.8 Å². The third-order valence-corrected chi connectivity index (χ3v) is 8.79. The summed E-state index contributed by atoms with van der Waals surface area (Å²) in [6, 6.07) is 7.96. The average molecular weight is 556 g/mol. The molecular weight excluding hydrogens is 521 g/mol. The van der Waals surface area contributed by atoms with Gasteiger partial charge in [-0.3, -0.25) is 9.78 Å². The summed E-state index contributed by atoms with van der Waals surface area (Å²) >= 11 is 0. The lowest BCUT2D eigenvalue weighted by atomic mass is 9.91. The highest BCUT2D eigenvalue weighted by molar-refractivity contribution is 5.92. The lowest BCUT2D eigenvalue weighted by Crippen LogP contribution is -2.38. The first-order valence-electron chi connectivity index (χ1n) is 14.3. The molecule has 1 aromatic carbocycles. The highest BCUT2D eigenvalue weighted by atomic mass is 19.1. The number of hydrogen-bond acceptors (Lipinski definition) is 8. The topological polar surface area (TPSA) is 116 Å². The third-order valence-electron chi connectivity index (χ3n) is 8.79. The van der Waals surface area contributed by atoms with Crippen LogP contribution < -0.4 is 15.4 Å². The molecule has 212 valence electrons. The molecule has 10 heteroatoms. The third kappa shape index (κ3) is 5.22. The molecule has 2 fully saturated rings. The van der Waals surface area contributed by atoms with Crippen LogP contribution in [-0.4, -0.2) is 64.6 Å². The van der Waals surface area contributed by atoms with Gasteiger partial charge in [0, 0.05) is 24.3 Å². The van der Waals surface area contributed by atoms with Crippen LogP contribution in [0.2, 0.25) is 0 Å². The monoisotopic (exact) mass is 555 g/mol. The van der Waals surface area contributed by atoms with Crippen molar-refractivity contribution in [3.63, 3.8) is 0 Å². The summed E-state index contributed by atoms with van der Waals surface area (Å²) < 4.78 is 22.5. The Kier molecular flexibility index (Phi) is 7.30. The maximum atomic E-state index is 16.4. The molecular formula is C31H34FN7O2. The minimum absolute atomic E-state index is 0.0697. The van der Waals surface area contributed by atoms with Crippen LogP contribution in [0.25, 0.3) is 22.2 Å². The van der Waals surface area contributed by atoms with E-state index in [1.807, 2.05) is 12.1 Å². The Morgan fingerprint density at radius 2 is 2.22 bits per heavy atom. The van der Waals surface area contributed by atoms with Crippen molar-refractivity contribution in [2.45, 2.75) is 62.4 Å². The number of halogens is 1. The minimum atomic E-state index is -0.514. The van der Waals surface area contributed by atoms with Crippen LogP contribution >= 0.6 is 0 Å². The van der Waals surface area contributed by atoms with Gasteiger partial charge in [-0.2, -0.15) is 15.2 Å². The first-order chi connectivity index (χ1) is 19.9. The number of rotatable bonds is 10. The largest absolute Gasteiger partial charge is 0.462 e. The second-order valence-corrected chi connectivity index (χ2v) is 11.4. The molecule has 0 radical (unpaired) electrons. The molecule has 3 heterocycles. The van der Waals surface area contributed by atoms with Crippen molar-refractivity contribution >= 4 is 22.6 Å². The summed E-state index contributed by atoms with van der Waals surface area (Å²) in [6.45, 7) is 5.05. The lowest BCUT2D eigenvalue weighted by Gasteiger charge is -2.20. The van der Waals surface area contributed by atoms with E-state index in [2.05, 4.69) is 56.2 Å². The number of pyridine rings is 1. The Bertz CT molecular complexity index is 1550. The van der Waals surface area contributed by atoms with E-state index < -0.39 is 11.9 Å². The molecule has 1 saturated carbocycles. The Hall–Kier alpha value is -4.10. The van der Waals surface area contributed by atoms with Crippen LogP contribution in [0, 0.1) is 17.1 Å². The van der Waals surface area contributed by atoms with Crippen molar-refractivity contribution in [2.75, 3.05) is 32.1 Å². The maximum Gasteiger partial charge on any atom is 0.319 e. The van der Waals surface area contributed by atoms with Crippen LogP contribution in [0.4, 0.5) is 10.2 Å². The molecule has 3 aliphatic rings. The summed E-state index contributed by atoms with van der Waals surface area (Å²) in [5, 5.41) is 15.6. The normalized spacial score (nSPS) is 19.5. The van der Waals surface area contributed by atoms with Crippen LogP contribution in [0.5, 0.6) is 6.01 Å². The zero-order chi connectivity index (χ0) is 28.6. The predicted octanol–water partition coefficient (Wildman–Crippen LogP) is 4.28. The number of hydrogen-bond donors (Lipinski definition) is 2. The van der Waals surface area contributed by atoms with Gasteiger partial charge < -0.3 is 20.3 Å². The molecule has 1 aliphatic heterocycles. The number of likely N-dealkylation sites (tertiary alicyclic amines) is 1. The number of aryl methyl sites for hydroxylation is 1. The number of nitrogens with one attached hydrogen (secondary N) is 2. The molecule has 2 aliphatic carbocycles. The van der Waals surface area contributed by atoms with Crippen molar-refractivity contribution in [3.8, 4) is 23.3 Å². The molecule has 41 heavy (non-hydrogen) atoms. The first kappa shape index (κ1) is 27.1. The van der Waals surface area contributed by atoms with E-state index >= 15 is 4.39 Å². The van der Waals surface area contributed by atoms with Crippen LogP contribution in [0.15, 0.2) is 37.1 Å². The van der Waals surface area contributed by atoms with Crippen LogP contribution in [0.3, 0.4) is 0 Å². The molecule has 3 aromatic rings. The van der Waals surface area contributed by atoms with Gasteiger partial charge in [0.25, 0.3) is 0 Å². The van der Waals surface area contributed by atoms with Gasteiger partial charge in [-0.05, 0) is 74.7 Å². The summed E-state index contributed by atoms with van der Waals surface area (Å²) in [5.41, 5.74) is 3.91. The van der Waals surface area contributed by atoms with E-state index in [-0.39, 0.29) is 47.6 Å². The van der Waals surface area contributed by atoms with Gasteiger partial charge in [-0.1, -0.05) is 24.8 Å². The van der Waals surface area contributed by atoms with Crippen molar-refractivity contribution in [1.82, 2.24) is 25.2 Å².